The smallest absolute Gasteiger partial charge is 0.355 e. The molecule has 1 fully saturated rings. The molecule has 132 valence electrons. The molecule has 1 aromatic rings. The van der Waals surface area contributed by atoms with Crippen molar-refractivity contribution in [1.82, 2.24) is 14.9 Å². The van der Waals surface area contributed by atoms with Gasteiger partial charge in [-0.2, -0.15) is 0 Å². The number of carbonyl (C=O) groups is 3. The molecule has 2 aliphatic heterocycles. The summed E-state index contributed by atoms with van der Waals surface area (Å²) in [6, 6.07) is 1.72. The largest absolute Gasteiger partial charge is 0.455 e. The lowest BCUT2D eigenvalue weighted by atomic mass is 10.1. The Balaban J connectivity index is 1.87. The number of ketones is 1. The summed E-state index contributed by atoms with van der Waals surface area (Å²) < 4.78 is 5.44. The molecule has 0 spiro atoms. The quantitative estimate of drug-likeness (QED) is 0.256. The van der Waals surface area contributed by atoms with Crippen LogP contribution in [-0.2, 0) is 19.1 Å². The minimum absolute atomic E-state index is 0.187. The van der Waals surface area contributed by atoms with E-state index >= 15 is 0 Å². The number of hydrogen-bond acceptors (Lipinski definition) is 8. The number of nitrogens with zero attached hydrogens (tertiary/aromatic N) is 3. The van der Waals surface area contributed by atoms with Crippen molar-refractivity contribution in [1.29, 1.82) is 0 Å². The molecule has 0 saturated carbocycles. The Morgan fingerprint density at radius 1 is 1.36 bits per heavy atom. The van der Waals surface area contributed by atoms with E-state index in [1.807, 2.05) is 0 Å². The van der Waals surface area contributed by atoms with Gasteiger partial charge >= 0.3 is 5.97 Å². The molecule has 1 saturated heterocycles. The summed E-state index contributed by atoms with van der Waals surface area (Å²) in [4.78, 5) is 45.9. The Morgan fingerprint density at radius 3 is 2.68 bits per heavy atom. The number of esters is 1. The molecular formula is C16H17N3O4S2. The third-order valence-corrected chi connectivity index (χ3v) is 5.61. The number of β-lactam (4-membered cyclic amide) rings is 1. The first-order valence-electron chi connectivity index (χ1n) is 7.62. The zero-order chi connectivity index (χ0) is 18.2. The zero-order valence-corrected chi connectivity index (χ0v) is 15.6. The summed E-state index contributed by atoms with van der Waals surface area (Å²) in [5, 5.41) is -0.0339. The van der Waals surface area contributed by atoms with Crippen molar-refractivity contribution in [2.75, 3.05) is 11.5 Å². The number of amides is 1. The van der Waals surface area contributed by atoms with Crippen LogP contribution in [0.5, 0.6) is 0 Å². The van der Waals surface area contributed by atoms with Crippen molar-refractivity contribution >= 4 is 41.2 Å². The number of rotatable bonds is 4. The molecule has 1 aromatic heterocycles. The normalized spacial score (nSPS) is 20.3. The van der Waals surface area contributed by atoms with Gasteiger partial charge in [-0.15, -0.1) is 11.8 Å². The van der Waals surface area contributed by atoms with E-state index < -0.39 is 28.6 Å². The maximum Gasteiger partial charge on any atom is 0.355 e. The molecule has 0 bridgehead atoms. The number of ether oxygens (including phenoxy) is 1. The maximum atomic E-state index is 12.6. The van der Waals surface area contributed by atoms with Crippen LogP contribution >= 0.6 is 23.5 Å². The Bertz CT molecular complexity index is 758. The molecule has 9 heteroatoms. The molecule has 1 amide bonds. The predicted molar refractivity (Wildman–Crippen MR) is 93.7 cm³/mol. The predicted octanol–water partition coefficient (Wildman–Crippen LogP) is 1.65. The molecule has 2 aliphatic rings. The van der Waals surface area contributed by atoms with Gasteiger partial charge in [0.1, 0.15) is 11.3 Å². The van der Waals surface area contributed by atoms with Crippen molar-refractivity contribution in [2.24, 2.45) is 0 Å². The first-order chi connectivity index (χ1) is 11.8. The van der Waals surface area contributed by atoms with Crippen LogP contribution in [0.2, 0.25) is 0 Å². The standard InChI is InChI=1S/C16H17N3O4S2/c1-16(2,3)23-14(22)10-9(8-25-15-17-5-4-6-18-15)7-24-13-11(20)12(21)19(10)13/h4-6,13H,7-8H2,1-3H3/t13-/m1/s1. The van der Waals surface area contributed by atoms with Crippen molar-refractivity contribution < 1.29 is 19.1 Å². The van der Waals surface area contributed by atoms with Gasteiger partial charge in [-0.3, -0.25) is 14.5 Å². The summed E-state index contributed by atoms with van der Waals surface area (Å²) >= 11 is 2.71. The molecule has 3 rings (SSSR count). The summed E-state index contributed by atoms with van der Waals surface area (Å²) in [6.07, 6.45) is 3.28. The van der Waals surface area contributed by atoms with Gasteiger partial charge in [0.25, 0.3) is 11.7 Å². The number of fused-ring (bicyclic) bond motifs is 1. The van der Waals surface area contributed by atoms with Crippen molar-refractivity contribution in [2.45, 2.75) is 36.9 Å². The fourth-order valence-corrected chi connectivity index (χ4v) is 4.50. The molecule has 0 N–H and O–H groups in total. The summed E-state index contributed by atoms with van der Waals surface area (Å²) in [5.74, 6) is -0.783. The molecule has 0 aliphatic carbocycles. The summed E-state index contributed by atoms with van der Waals surface area (Å²) in [6.45, 7) is 5.28. The molecule has 0 radical (unpaired) electrons. The molecule has 3 heterocycles. The third kappa shape index (κ3) is 3.72. The first kappa shape index (κ1) is 17.9. The van der Waals surface area contributed by atoms with Gasteiger partial charge in [0.05, 0.1) is 0 Å². The molecule has 1 atom stereocenters. The van der Waals surface area contributed by atoms with Gasteiger partial charge in [0, 0.05) is 23.9 Å². The number of aromatic nitrogens is 2. The Labute approximate surface area is 153 Å². The van der Waals surface area contributed by atoms with Crippen LogP contribution in [0.25, 0.3) is 0 Å². The Morgan fingerprint density at radius 2 is 2.04 bits per heavy atom. The van der Waals surface area contributed by atoms with Gasteiger partial charge in [0.15, 0.2) is 10.5 Å². The molecule has 7 nitrogen and oxygen atoms in total. The maximum absolute atomic E-state index is 12.6. The summed E-state index contributed by atoms with van der Waals surface area (Å²) in [5.41, 5.74) is 0.239. The second kappa shape index (κ2) is 6.80. The van der Waals surface area contributed by atoms with Crippen LogP contribution in [-0.4, -0.2) is 55.0 Å². The van der Waals surface area contributed by atoms with Gasteiger partial charge in [-0.25, -0.2) is 14.8 Å². The average Bonchev–Trinajstić information content (AvgIpc) is 2.57. The zero-order valence-electron chi connectivity index (χ0n) is 14.0. The molecule has 0 aromatic carbocycles. The minimum atomic E-state index is -0.692. The molecular weight excluding hydrogens is 362 g/mol. The number of carbonyl (C=O) groups excluding carboxylic acids is 3. The highest BCUT2D eigenvalue weighted by atomic mass is 32.2. The van der Waals surface area contributed by atoms with Gasteiger partial charge in [-0.05, 0) is 32.4 Å². The van der Waals surface area contributed by atoms with Crippen LogP contribution in [0.4, 0.5) is 0 Å². The third-order valence-electron chi connectivity index (χ3n) is 3.39. The highest BCUT2D eigenvalue weighted by molar-refractivity contribution is 8.01. The lowest BCUT2D eigenvalue weighted by Crippen LogP contribution is -2.62. The van der Waals surface area contributed by atoms with Gasteiger partial charge in [0.2, 0.25) is 0 Å². The van der Waals surface area contributed by atoms with Crippen LogP contribution in [0, 0.1) is 0 Å². The van der Waals surface area contributed by atoms with Crippen molar-refractivity contribution in [3.63, 3.8) is 0 Å². The van der Waals surface area contributed by atoms with E-state index in [-0.39, 0.29) is 5.70 Å². The lowest BCUT2D eigenvalue weighted by molar-refractivity contribution is -0.161. The van der Waals surface area contributed by atoms with Crippen molar-refractivity contribution in [3.8, 4) is 0 Å². The van der Waals surface area contributed by atoms with Crippen LogP contribution < -0.4 is 0 Å². The molecule has 0 unspecified atom stereocenters. The van der Waals surface area contributed by atoms with E-state index in [4.69, 9.17) is 4.74 Å². The fraction of sp³-hybridized carbons (Fsp3) is 0.438. The van der Waals surface area contributed by atoms with Gasteiger partial charge < -0.3 is 4.74 Å². The monoisotopic (exact) mass is 379 g/mol. The van der Waals surface area contributed by atoms with E-state index in [2.05, 4.69) is 9.97 Å². The Kier molecular flexibility index (Phi) is 4.88. The SMILES string of the molecule is CC(C)(C)OC(=O)C1=C(CSc2ncccn2)CS[C@@H]2C(=O)C(=O)N12. The van der Waals surface area contributed by atoms with Crippen LogP contribution in [0.15, 0.2) is 34.9 Å². The highest BCUT2D eigenvalue weighted by Gasteiger charge is 2.53. The highest BCUT2D eigenvalue weighted by Crippen LogP contribution is 2.40. The van der Waals surface area contributed by atoms with E-state index in [0.29, 0.717) is 16.7 Å². The first-order valence-corrected chi connectivity index (χ1v) is 9.65. The van der Waals surface area contributed by atoms with E-state index in [1.165, 1.54) is 28.4 Å². The lowest BCUT2D eigenvalue weighted by Gasteiger charge is -2.43. The van der Waals surface area contributed by atoms with E-state index in [1.54, 1.807) is 39.2 Å². The second-order valence-electron chi connectivity index (χ2n) is 6.48. The van der Waals surface area contributed by atoms with E-state index in [9.17, 15) is 14.4 Å². The topological polar surface area (TPSA) is 89.5 Å². The Hall–Kier alpha value is -1.87. The number of Topliss-reactive ketones (excluding diaryl/α,β-unsaturated/α-hetero) is 1. The van der Waals surface area contributed by atoms with E-state index in [0.717, 1.165) is 5.57 Å². The second-order valence-corrected chi connectivity index (χ2v) is 8.49. The van der Waals surface area contributed by atoms with Crippen molar-refractivity contribution in [3.05, 3.63) is 29.7 Å². The van der Waals surface area contributed by atoms with Crippen LogP contribution in [0.3, 0.4) is 0 Å². The molecule has 25 heavy (non-hydrogen) atoms. The average molecular weight is 379 g/mol. The number of thioether (sulfide) groups is 2. The van der Waals surface area contributed by atoms with Crippen LogP contribution in [0.1, 0.15) is 20.8 Å². The van der Waals surface area contributed by atoms with Gasteiger partial charge in [-0.1, -0.05) is 11.8 Å². The fourth-order valence-electron chi connectivity index (χ4n) is 2.36. The minimum Gasteiger partial charge on any atom is -0.455 e. The summed E-state index contributed by atoms with van der Waals surface area (Å²) in [7, 11) is 0. The number of hydrogen-bond donors (Lipinski definition) is 0.